The first-order chi connectivity index (χ1) is 10.7. The van der Waals surface area contributed by atoms with Crippen molar-refractivity contribution in [3.05, 3.63) is 35.9 Å². The lowest BCUT2D eigenvalue weighted by molar-refractivity contribution is -0.126. The zero-order chi connectivity index (χ0) is 15.5. The van der Waals surface area contributed by atoms with Gasteiger partial charge < -0.3 is 11.1 Å². The lowest BCUT2D eigenvalue weighted by atomic mass is 9.93. The minimum atomic E-state index is -0.245. The average molecular weight is 301 g/mol. The van der Waals surface area contributed by atoms with Gasteiger partial charge in [0, 0.05) is 24.7 Å². The molecule has 0 saturated carbocycles. The number of carbonyl (C=O) groups is 1. The Hall–Kier alpha value is -1.39. The van der Waals surface area contributed by atoms with Crippen LogP contribution in [0.4, 0.5) is 0 Å². The Morgan fingerprint density at radius 1 is 1.23 bits per heavy atom. The zero-order valence-corrected chi connectivity index (χ0v) is 13.4. The summed E-state index contributed by atoms with van der Waals surface area (Å²) in [6, 6.07) is 10.5. The highest BCUT2D eigenvalue weighted by Crippen LogP contribution is 2.28. The van der Waals surface area contributed by atoms with Crippen molar-refractivity contribution in [3.63, 3.8) is 0 Å². The van der Waals surface area contributed by atoms with Gasteiger partial charge in [0.15, 0.2) is 0 Å². The fourth-order valence-electron chi connectivity index (χ4n) is 3.86. The van der Waals surface area contributed by atoms with Crippen LogP contribution < -0.4 is 11.1 Å². The molecule has 4 heteroatoms. The third kappa shape index (κ3) is 3.18. The molecule has 1 amide bonds. The molecule has 1 aromatic carbocycles. The standard InChI is InChI=1S/C18H27N3O/c1-13(17(19)14-7-3-2-4-8-14)18(22)20-15-10-12-21-11-6-5-9-16(15)21/h2-4,7-8,13,15-17H,5-6,9-12,19H2,1H3,(H,20,22). The highest BCUT2D eigenvalue weighted by Gasteiger charge is 2.37. The Labute approximate surface area is 133 Å². The third-order valence-corrected chi connectivity index (χ3v) is 5.32. The maximum atomic E-state index is 12.6. The number of rotatable bonds is 4. The molecule has 2 aliphatic rings. The number of benzene rings is 1. The number of nitrogens with one attached hydrogen (secondary N) is 1. The van der Waals surface area contributed by atoms with Crippen molar-refractivity contribution in [2.45, 2.75) is 50.7 Å². The summed E-state index contributed by atoms with van der Waals surface area (Å²) < 4.78 is 0. The largest absolute Gasteiger partial charge is 0.351 e. The van der Waals surface area contributed by atoms with Crippen molar-refractivity contribution in [1.29, 1.82) is 0 Å². The van der Waals surface area contributed by atoms with Crippen molar-refractivity contribution in [1.82, 2.24) is 10.2 Å². The topological polar surface area (TPSA) is 58.4 Å². The molecule has 0 bridgehead atoms. The molecule has 4 nitrogen and oxygen atoms in total. The van der Waals surface area contributed by atoms with Crippen molar-refractivity contribution < 1.29 is 4.79 Å². The number of fused-ring (bicyclic) bond motifs is 1. The molecule has 2 heterocycles. The van der Waals surface area contributed by atoms with Crippen molar-refractivity contribution in [3.8, 4) is 0 Å². The number of nitrogens with zero attached hydrogens (tertiary/aromatic N) is 1. The predicted molar refractivity (Wildman–Crippen MR) is 88.3 cm³/mol. The van der Waals surface area contributed by atoms with E-state index in [4.69, 9.17) is 5.73 Å². The first-order valence-corrected chi connectivity index (χ1v) is 8.52. The number of hydrogen-bond acceptors (Lipinski definition) is 3. The Kier molecular flexibility index (Phi) is 4.79. The number of hydrogen-bond donors (Lipinski definition) is 2. The Balaban J connectivity index is 1.59. The van der Waals surface area contributed by atoms with Gasteiger partial charge in [-0.15, -0.1) is 0 Å². The normalized spacial score (nSPS) is 27.9. The van der Waals surface area contributed by atoms with Crippen LogP contribution in [0, 0.1) is 5.92 Å². The van der Waals surface area contributed by atoms with E-state index in [9.17, 15) is 4.79 Å². The van der Waals surface area contributed by atoms with Crippen molar-refractivity contribution >= 4 is 5.91 Å². The van der Waals surface area contributed by atoms with Crippen LogP contribution in [0.3, 0.4) is 0 Å². The molecule has 2 fully saturated rings. The monoisotopic (exact) mass is 301 g/mol. The van der Waals surface area contributed by atoms with Gasteiger partial charge >= 0.3 is 0 Å². The summed E-state index contributed by atoms with van der Waals surface area (Å²) in [7, 11) is 0. The lowest BCUT2D eigenvalue weighted by Crippen LogP contribution is -2.49. The van der Waals surface area contributed by atoms with Gasteiger partial charge in [-0.3, -0.25) is 9.69 Å². The number of carbonyl (C=O) groups excluding carboxylic acids is 1. The van der Waals surface area contributed by atoms with Gasteiger partial charge in [0.1, 0.15) is 0 Å². The van der Waals surface area contributed by atoms with Crippen molar-refractivity contribution in [2.24, 2.45) is 11.7 Å². The maximum Gasteiger partial charge on any atom is 0.225 e. The Morgan fingerprint density at radius 2 is 2.00 bits per heavy atom. The molecule has 0 aromatic heterocycles. The highest BCUT2D eigenvalue weighted by atomic mass is 16.2. The van der Waals surface area contributed by atoms with Crippen LogP contribution in [0.25, 0.3) is 0 Å². The second-order valence-electron chi connectivity index (χ2n) is 6.73. The molecule has 4 atom stereocenters. The van der Waals surface area contributed by atoms with Crippen LogP contribution in [0.2, 0.25) is 0 Å². The van der Waals surface area contributed by atoms with E-state index in [1.54, 1.807) is 0 Å². The van der Waals surface area contributed by atoms with Gasteiger partial charge in [-0.2, -0.15) is 0 Å². The van der Waals surface area contributed by atoms with Crippen LogP contribution in [0.1, 0.15) is 44.2 Å². The van der Waals surface area contributed by atoms with E-state index in [1.165, 1.54) is 25.8 Å². The molecular weight excluding hydrogens is 274 g/mol. The van der Waals surface area contributed by atoms with Gasteiger partial charge in [-0.25, -0.2) is 0 Å². The van der Waals surface area contributed by atoms with Crippen LogP contribution in [0.15, 0.2) is 30.3 Å². The average Bonchev–Trinajstić information content (AvgIpc) is 2.97. The van der Waals surface area contributed by atoms with Crippen LogP contribution in [-0.4, -0.2) is 36.0 Å². The summed E-state index contributed by atoms with van der Waals surface area (Å²) in [5, 5.41) is 3.27. The van der Waals surface area contributed by atoms with E-state index in [-0.39, 0.29) is 17.9 Å². The summed E-state index contributed by atoms with van der Waals surface area (Å²) in [6.07, 6.45) is 4.87. The van der Waals surface area contributed by atoms with Gasteiger partial charge in [-0.05, 0) is 31.4 Å². The molecule has 3 rings (SSSR count). The SMILES string of the molecule is CC(C(=O)NC1CCN2CCCCC12)C(N)c1ccccc1. The van der Waals surface area contributed by atoms with Gasteiger partial charge in [-0.1, -0.05) is 43.7 Å². The smallest absolute Gasteiger partial charge is 0.225 e. The molecule has 3 N–H and O–H groups in total. The Bertz CT molecular complexity index is 504. The van der Waals surface area contributed by atoms with E-state index in [0.29, 0.717) is 12.1 Å². The highest BCUT2D eigenvalue weighted by molar-refractivity contribution is 5.79. The van der Waals surface area contributed by atoms with Crippen LogP contribution >= 0.6 is 0 Å². The van der Waals surface area contributed by atoms with E-state index in [2.05, 4.69) is 10.2 Å². The molecule has 0 spiro atoms. The molecule has 0 radical (unpaired) electrons. The third-order valence-electron chi connectivity index (χ3n) is 5.32. The quantitative estimate of drug-likeness (QED) is 0.895. The van der Waals surface area contributed by atoms with Gasteiger partial charge in [0.2, 0.25) is 5.91 Å². The first kappa shape index (κ1) is 15.5. The fourth-order valence-corrected chi connectivity index (χ4v) is 3.86. The summed E-state index contributed by atoms with van der Waals surface area (Å²) >= 11 is 0. The minimum Gasteiger partial charge on any atom is -0.351 e. The molecule has 1 aromatic rings. The number of nitrogens with two attached hydrogens (primary N) is 1. The molecule has 120 valence electrons. The second kappa shape index (κ2) is 6.80. The summed E-state index contributed by atoms with van der Waals surface area (Å²) in [5.41, 5.74) is 7.30. The minimum absolute atomic E-state index is 0.0915. The molecule has 4 unspecified atom stereocenters. The number of amides is 1. The summed E-state index contributed by atoms with van der Waals surface area (Å²) in [4.78, 5) is 15.1. The zero-order valence-electron chi connectivity index (χ0n) is 13.4. The molecule has 22 heavy (non-hydrogen) atoms. The summed E-state index contributed by atoms with van der Waals surface area (Å²) in [5.74, 6) is -0.117. The Morgan fingerprint density at radius 3 is 2.77 bits per heavy atom. The first-order valence-electron chi connectivity index (χ1n) is 8.52. The molecule has 2 aliphatic heterocycles. The molecule has 0 aliphatic carbocycles. The van der Waals surface area contributed by atoms with Crippen LogP contribution in [-0.2, 0) is 4.79 Å². The van der Waals surface area contributed by atoms with E-state index in [1.807, 2.05) is 37.3 Å². The maximum absolute atomic E-state index is 12.6. The van der Waals surface area contributed by atoms with Crippen molar-refractivity contribution in [2.75, 3.05) is 13.1 Å². The summed E-state index contributed by atoms with van der Waals surface area (Å²) in [6.45, 7) is 4.24. The van der Waals surface area contributed by atoms with Gasteiger partial charge in [0.25, 0.3) is 0 Å². The lowest BCUT2D eigenvalue weighted by Gasteiger charge is -2.33. The van der Waals surface area contributed by atoms with Gasteiger partial charge in [0.05, 0.1) is 5.92 Å². The van der Waals surface area contributed by atoms with E-state index in [0.717, 1.165) is 18.5 Å². The van der Waals surface area contributed by atoms with E-state index < -0.39 is 0 Å². The molecule has 2 saturated heterocycles. The molecular formula is C18H27N3O. The predicted octanol–water partition coefficient (Wildman–Crippen LogP) is 2.07. The van der Waals surface area contributed by atoms with E-state index >= 15 is 0 Å². The fraction of sp³-hybridized carbons (Fsp3) is 0.611. The van der Waals surface area contributed by atoms with Crippen LogP contribution in [0.5, 0.6) is 0 Å². The number of piperidine rings is 1. The second-order valence-corrected chi connectivity index (χ2v) is 6.73.